The lowest BCUT2D eigenvalue weighted by Gasteiger charge is -2.10. The van der Waals surface area contributed by atoms with Gasteiger partial charge < -0.3 is 4.42 Å². The molecule has 0 aliphatic heterocycles. The Bertz CT molecular complexity index is 1220. The van der Waals surface area contributed by atoms with Gasteiger partial charge in [-0.05, 0) is 30.3 Å². The lowest BCUT2D eigenvalue weighted by molar-refractivity contribution is 0.571. The third-order valence-corrected chi connectivity index (χ3v) is 5.12. The Morgan fingerprint density at radius 2 is 2.04 bits per heavy atom. The summed E-state index contributed by atoms with van der Waals surface area (Å²) in [5, 5.41) is 1.16. The van der Waals surface area contributed by atoms with Crippen LogP contribution in [0.15, 0.2) is 81.8 Å². The Morgan fingerprint density at radius 1 is 1.18 bits per heavy atom. The highest BCUT2D eigenvalue weighted by molar-refractivity contribution is 7.98. The van der Waals surface area contributed by atoms with Crippen molar-refractivity contribution in [2.75, 3.05) is 0 Å². The van der Waals surface area contributed by atoms with E-state index in [2.05, 4.69) is 16.5 Å². The van der Waals surface area contributed by atoms with E-state index in [0.29, 0.717) is 45.5 Å². The van der Waals surface area contributed by atoms with Crippen LogP contribution in [0.4, 0.5) is 4.39 Å². The number of oxazole rings is 1. The molecule has 140 valence electrons. The molecule has 4 aromatic rings. The molecule has 0 saturated carbocycles. The molecule has 0 amide bonds. The molecule has 2 aromatic heterocycles. The molecule has 0 fully saturated rings. The van der Waals surface area contributed by atoms with Crippen molar-refractivity contribution < 1.29 is 8.81 Å². The molecular weight excluding hydrogens is 377 g/mol. The Kier molecular flexibility index (Phi) is 5.08. The van der Waals surface area contributed by atoms with Gasteiger partial charge in [0.15, 0.2) is 5.16 Å². The summed E-state index contributed by atoms with van der Waals surface area (Å²) < 4.78 is 20.4. The highest BCUT2D eigenvalue weighted by atomic mass is 32.2. The van der Waals surface area contributed by atoms with Gasteiger partial charge in [-0.1, -0.05) is 36.0 Å². The maximum atomic E-state index is 13.4. The van der Waals surface area contributed by atoms with E-state index in [0.717, 1.165) is 0 Å². The molecule has 2 aromatic carbocycles. The molecule has 0 saturated heterocycles. The molecule has 0 atom stereocenters. The number of halogens is 1. The van der Waals surface area contributed by atoms with Crippen LogP contribution in [0.25, 0.3) is 22.4 Å². The second-order valence-corrected chi connectivity index (χ2v) is 7.00. The van der Waals surface area contributed by atoms with Gasteiger partial charge in [-0.3, -0.25) is 9.36 Å². The van der Waals surface area contributed by atoms with Crippen LogP contribution in [0.3, 0.4) is 0 Å². The van der Waals surface area contributed by atoms with Crippen molar-refractivity contribution >= 4 is 22.7 Å². The molecule has 7 heteroatoms. The standard InChI is InChI=1S/C21H16FN3O2S/c1-2-10-25-20(26)17-8-3-4-9-18(17)24-21(25)28-13-16-12-27-19(23-16)14-6-5-7-15(22)11-14/h2-9,11-12H,1,10,13H2. The molecule has 28 heavy (non-hydrogen) atoms. The fourth-order valence-electron chi connectivity index (χ4n) is 2.81. The van der Waals surface area contributed by atoms with E-state index in [1.165, 1.54) is 30.2 Å². The molecule has 4 rings (SSSR count). The number of aromatic nitrogens is 3. The van der Waals surface area contributed by atoms with Crippen molar-refractivity contribution in [3.8, 4) is 11.5 Å². The Balaban J connectivity index is 1.61. The molecule has 0 radical (unpaired) electrons. The molecule has 0 spiro atoms. The molecule has 0 aliphatic rings. The first-order valence-electron chi connectivity index (χ1n) is 8.59. The third-order valence-electron chi connectivity index (χ3n) is 4.11. The van der Waals surface area contributed by atoms with E-state index in [9.17, 15) is 9.18 Å². The number of benzene rings is 2. The Labute approximate surface area is 164 Å². The Hall–Kier alpha value is -3.19. The summed E-state index contributed by atoms with van der Waals surface area (Å²) in [6, 6.07) is 13.3. The monoisotopic (exact) mass is 393 g/mol. The molecule has 0 unspecified atom stereocenters. The van der Waals surface area contributed by atoms with Crippen LogP contribution in [0, 0.1) is 5.82 Å². The second kappa shape index (κ2) is 7.82. The van der Waals surface area contributed by atoms with Gasteiger partial charge in [0.05, 0.1) is 16.6 Å². The predicted molar refractivity (Wildman–Crippen MR) is 108 cm³/mol. The smallest absolute Gasteiger partial charge is 0.262 e. The average Bonchev–Trinajstić information content (AvgIpc) is 3.18. The van der Waals surface area contributed by atoms with Gasteiger partial charge in [0, 0.05) is 17.9 Å². The zero-order valence-electron chi connectivity index (χ0n) is 14.8. The van der Waals surface area contributed by atoms with Gasteiger partial charge in [0.1, 0.15) is 12.1 Å². The highest BCUT2D eigenvalue weighted by Crippen LogP contribution is 2.25. The molecular formula is C21H16FN3O2S. The quantitative estimate of drug-likeness (QED) is 0.271. The molecule has 0 N–H and O–H groups in total. The first-order valence-corrected chi connectivity index (χ1v) is 9.58. The summed E-state index contributed by atoms with van der Waals surface area (Å²) in [7, 11) is 0. The number of allylic oxidation sites excluding steroid dienone is 1. The zero-order valence-corrected chi connectivity index (χ0v) is 15.7. The van der Waals surface area contributed by atoms with Gasteiger partial charge in [0.2, 0.25) is 5.89 Å². The van der Waals surface area contributed by atoms with Gasteiger partial charge in [-0.15, -0.1) is 6.58 Å². The van der Waals surface area contributed by atoms with Crippen LogP contribution in [0.5, 0.6) is 0 Å². The maximum absolute atomic E-state index is 13.4. The van der Waals surface area contributed by atoms with Gasteiger partial charge in [0.25, 0.3) is 5.56 Å². The first kappa shape index (κ1) is 18.2. The van der Waals surface area contributed by atoms with Crippen LogP contribution in [-0.2, 0) is 12.3 Å². The van der Waals surface area contributed by atoms with E-state index < -0.39 is 0 Å². The predicted octanol–water partition coefficient (Wildman–Crippen LogP) is 4.67. The minimum absolute atomic E-state index is 0.103. The normalized spacial score (nSPS) is 11.0. The SMILES string of the molecule is C=CCn1c(SCc2coc(-c3cccc(F)c3)n2)nc2ccccc2c1=O. The van der Waals surface area contributed by atoms with Gasteiger partial charge in [-0.25, -0.2) is 14.4 Å². The summed E-state index contributed by atoms with van der Waals surface area (Å²) in [5.41, 5.74) is 1.80. The van der Waals surface area contributed by atoms with Gasteiger partial charge >= 0.3 is 0 Å². The third kappa shape index (κ3) is 3.61. The number of fused-ring (bicyclic) bond motifs is 1. The first-order chi connectivity index (χ1) is 13.7. The van der Waals surface area contributed by atoms with Crippen molar-refractivity contribution in [1.29, 1.82) is 0 Å². The largest absolute Gasteiger partial charge is 0.444 e. The lowest BCUT2D eigenvalue weighted by atomic mass is 10.2. The summed E-state index contributed by atoms with van der Waals surface area (Å²) >= 11 is 1.39. The van der Waals surface area contributed by atoms with Crippen LogP contribution < -0.4 is 5.56 Å². The van der Waals surface area contributed by atoms with E-state index >= 15 is 0 Å². The number of rotatable bonds is 6. The number of hydrogen-bond acceptors (Lipinski definition) is 5. The van der Waals surface area contributed by atoms with Crippen LogP contribution in [0.1, 0.15) is 5.69 Å². The molecule has 0 bridgehead atoms. The number of nitrogens with zero attached hydrogens (tertiary/aromatic N) is 3. The second-order valence-electron chi connectivity index (χ2n) is 6.06. The molecule has 0 aliphatic carbocycles. The lowest BCUT2D eigenvalue weighted by Crippen LogP contribution is -2.22. The van der Waals surface area contributed by atoms with Gasteiger partial charge in [-0.2, -0.15) is 0 Å². The van der Waals surface area contributed by atoms with E-state index in [1.807, 2.05) is 18.2 Å². The topological polar surface area (TPSA) is 60.9 Å². The van der Waals surface area contributed by atoms with Crippen LogP contribution >= 0.6 is 11.8 Å². The minimum atomic E-state index is -0.347. The van der Waals surface area contributed by atoms with Crippen molar-refractivity contribution in [3.05, 3.63) is 89.3 Å². The van der Waals surface area contributed by atoms with Crippen molar-refractivity contribution in [2.45, 2.75) is 17.5 Å². The van der Waals surface area contributed by atoms with Crippen molar-refractivity contribution in [2.24, 2.45) is 0 Å². The maximum Gasteiger partial charge on any atom is 0.262 e. The average molecular weight is 393 g/mol. The highest BCUT2D eigenvalue weighted by Gasteiger charge is 2.13. The number of thioether (sulfide) groups is 1. The summed E-state index contributed by atoms with van der Waals surface area (Å²) in [4.78, 5) is 21.8. The fraction of sp³-hybridized carbons (Fsp3) is 0.0952. The van der Waals surface area contributed by atoms with Crippen LogP contribution in [-0.4, -0.2) is 14.5 Å². The van der Waals surface area contributed by atoms with E-state index in [-0.39, 0.29) is 11.4 Å². The van der Waals surface area contributed by atoms with E-state index in [1.54, 1.807) is 28.8 Å². The Morgan fingerprint density at radius 3 is 2.86 bits per heavy atom. The van der Waals surface area contributed by atoms with Crippen molar-refractivity contribution in [3.63, 3.8) is 0 Å². The van der Waals surface area contributed by atoms with E-state index in [4.69, 9.17) is 4.42 Å². The number of hydrogen-bond donors (Lipinski definition) is 0. The summed E-state index contributed by atoms with van der Waals surface area (Å²) in [6.07, 6.45) is 3.20. The zero-order chi connectivity index (χ0) is 19.5. The fourth-order valence-corrected chi connectivity index (χ4v) is 3.70. The molecule has 5 nitrogen and oxygen atoms in total. The minimum Gasteiger partial charge on any atom is -0.444 e. The van der Waals surface area contributed by atoms with Crippen molar-refractivity contribution in [1.82, 2.24) is 14.5 Å². The summed E-state index contributed by atoms with van der Waals surface area (Å²) in [5.74, 6) is 0.464. The van der Waals surface area contributed by atoms with Crippen LogP contribution in [0.2, 0.25) is 0 Å². The summed E-state index contributed by atoms with van der Waals surface area (Å²) in [6.45, 7) is 4.09. The number of para-hydroxylation sites is 1. The molecule has 2 heterocycles.